The summed E-state index contributed by atoms with van der Waals surface area (Å²) in [7, 11) is -2.56. The number of methoxy groups -OCH3 is 1. The zero-order valence-electron chi connectivity index (χ0n) is 16.6. The Labute approximate surface area is 188 Å². The van der Waals surface area contributed by atoms with Crippen molar-refractivity contribution in [3.05, 3.63) is 64.9 Å². The minimum Gasteiger partial charge on any atom is -0.483 e. The lowest BCUT2D eigenvalue weighted by molar-refractivity contribution is -0.118. The summed E-state index contributed by atoms with van der Waals surface area (Å²) in [5.41, 5.74) is 1.48. The fraction of sp³-hybridized carbons (Fsp3) is 0.150. The third kappa shape index (κ3) is 5.92. The van der Waals surface area contributed by atoms with Gasteiger partial charge in [0, 0.05) is 18.1 Å². The number of aromatic nitrogens is 2. The molecule has 1 aromatic heterocycles. The van der Waals surface area contributed by atoms with Crippen molar-refractivity contribution in [3.63, 3.8) is 0 Å². The van der Waals surface area contributed by atoms with Crippen LogP contribution >= 0.6 is 15.9 Å². The second-order valence-electron chi connectivity index (χ2n) is 6.31. The van der Waals surface area contributed by atoms with E-state index in [0.717, 1.165) is 10.0 Å². The van der Waals surface area contributed by atoms with Crippen LogP contribution in [0.2, 0.25) is 0 Å². The Morgan fingerprint density at radius 3 is 2.48 bits per heavy atom. The predicted molar refractivity (Wildman–Crippen MR) is 119 cm³/mol. The van der Waals surface area contributed by atoms with Crippen molar-refractivity contribution < 1.29 is 22.7 Å². The van der Waals surface area contributed by atoms with Gasteiger partial charge in [0.2, 0.25) is 5.82 Å². The van der Waals surface area contributed by atoms with Gasteiger partial charge in [-0.3, -0.25) is 9.52 Å². The van der Waals surface area contributed by atoms with Gasteiger partial charge in [0.05, 0.1) is 16.5 Å². The highest BCUT2D eigenvalue weighted by Crippen LogP contribution is 2.26. The Bertz CT molecular complexity index is 1190. The topological polar surface area (TPSA) is 120 Å². The molecule has 1 heterocycles. The van der Waals surface area contributed by atoms with E-state index in [1.165, 1.54) is 43.8 Å². The van der Waals surface area contributed by atoms with Gasteiger partial charge in [0.25, 0.3) is 21.8 Å². The van der Waals surface area contributed by atoms with E-state index in [0.29, 0.717) is 11.4 Å². The molecule has 0 saturated carbocycles. The number of halogens is 1. The molecule has 0 aliphatic carbocycles. The molecule has 3 aromatic rings. The Balaban J connectivity index is 1.62. The van der Waals surface area contributed by atoms with Crippen molar-refractivity contribution in [2.24, 2.45) is 0 Å². The van der Waals surface area contributed by atoms with E-state index in [9.17, 15) is 13.2 Å². The minimum absolute atomic E-state index is 0.0157. The van der Waals surface area contributed by atoms with Crippen LogP contribution in [0.1, 0.15) is 5.56 Å². The normalized spacial score (nSPS) is 10.9. The second-order valence-corrected chi connectivity index (χ2v) is 8.85. The number of aryl methyl sites for hydroxylation is 1. The first-order valence-corrected chi connectivity index (χ1v) is 11.2. The Morgan fingerprint density at radius 2 is 1.81 bits per heavy atom. The molecule has 1 amide bonds. The number of nitrogens with one attached hydrogen (secondary N) is 2. The number of carbonyl (C=O) groups is 1. The number of hydrogen-bond acceptors (Lipinski definition) is 7. The Kier molecular flexibility index (Phi) is 7.08. The van der Waals surface area contributed by atoms with E-state index >= 15 is 0 Å². The molecule has 0 saturated heterocycles. The molecule has 0 spiro atoms. The molecule has 2 aromatic carbocycles. The first kappa shape index (κ1) is 22.5. The van der Waals surface area contributed by atoms with E-state index < -0.39 is 10.0 Å². The minimum atomic E-state index is -3.92. The van der Waals surface area contributed by atoms with E-state index in [2.05, 4.69) is 35.9 Å². The number of amides is 1. The monoisotopic (exact) mass is 506 g/mol. The van der Waals surface area contributed by atoms with Crippen LogP contribution in [0.3, 0.4) is 0 Å². The number of hydrogen-bond donors (Lipinski definition) is 2. The average molecular weight is 507 g/mol. The van der Waals surface area contributed by atoms with Crippen LogP contribution in [0, 0.1) is 6.92 Å². The summed E-state index contributed by atoms with van der Waals surface area (Å²) in [4.78, 5) is 19.9. The van der Waals surface area contributed by atoms with Gasteiger partial charge in [-0.15, -0.1) is 0 Å². The zero-order valence-corrected chi connectivity index (χ0v) is 19.0. The number of nitrogens with zero attached hydrogens (tertiary/aromatic N) is 2. The van der Waals surface area contributed by atoms with Crippen LogP contribution in [0.4, 0.5) is 11.5 Å². The van der Waals surface area contributed by atoms with Crippen LogP contribution < -0.4 is 19.5 Å². The lowest BCUT2D eigenvalue weighted by Gasteiger charge is -2.11. The highest BCUT2D eigenvalue weighted by atomic mass is 79.9. The van der Waals surface area contributed by atoms with Gasteiger partial charge in [-0.25, -0.2) is 18.4 Å². The molecule has 9 nitrogen and oxygen atoms in total. The van der Waals surface area contributed by atoms with Gasteiger partial charge >= 0.3 is 0 Å². The van der Waals surface area contributed by atoms with Crippen LogP contribution in [-0.4, -0.2) is 38.0 Å². The summed E-state index contributed by atoms with van der Waals surface area (Å²) in [6.45, 7) is 1.75. The number of ether oxygens (including phenoxy) is 2. The van der Waals surface area contributed by atoms with Crippen LogP contribution in [0.5, 0.6) is 11.6 Å². The van der Waals surface area contributed by atoms with Crippen molar-refractivity contribution in [3.8, 4) is 11.6 Å². The molecule has 3 rings (SSSR count). The summed E-state index contributed by atoms with van der Waals surface area (Å²) >= 11 is 3.39. The Morgan fingerprint density at radius 1 is 1.10 bits per heavy atom. The van der Waals surface area contributed by atoms with Gasteiger partial charge in [-0.2, -0.15) is 0 Å². The molecule has 31 heavy (non-hydrogen) atoms. The van der Waals surface area contributed by atoms with Crippen LogP contribution in [0.25, 0.3) is 0 Å². The van der Waals surface area contributed by atoms with Crippen molar-refractivity contribution in [1.29, 1.82) is 0 Å². The molecular formula is C20H19BrN4O5S. The molecule has 0 aliphatic heterocycles. The number of carbonyl (C=O) groups excluding carboxylic acids is 1. The van der Waals surface area contributed by atoms with Crippen molar-refractivity contribution in [2.45, 2.75) is 11.8 Å². The molecule has 0 unspecified atom stereocenters. The van der Waals surface area contributed by atoms with E-state index in [1.807, 2.05) is 19.1 Å². The van der Waals surface area contributed by atoms with Gasteiger partial charge in [-0.1, -0.05) is 6.07 Å². The molecule has 0 bridgehead atoms. The van der Waals surface area contributed by atoms with Crippen LogP contribution in [0.15, 0.2) is 64.2 Å². The number of anilines is 2. The molecule has 2 N–H and O–H groups in total. The maximum absolute atomic E-state index is 12.6. The smallest absolute Gasteiger partial charge is 0.263 e. The summed E-state index contributed by atoms with van der Waals surface area (Å²) in [6.07, 6.45) is 2.73. The predicted octanol–water partition coefficient (Wildman–Crippen LogP) is 3.37. The largest absolute Gasteiger partial charge is 0.483 e. The maximum atomic E-state index is 12.6. The first-order valence-electron chi connectivity index (χ1n) is 8.95. The van der Waals surface area contributed by atoms with E-state index in [4.69, 9.17) is 9.47 Å². The third-order valence-electron chi connectivity index (χ3n) is 3.98. The second kappa shape index (κ2) is 9.75. The van der Waals surface area contributed by atoms with Crippen molar-refractivity contribution in [1.82, 2.24) is 9.97 Å². The van der Waals surface area contributed by atoms with Crippen molar-refractivity contribution >= 4 is 43.4 Å². The lowest BCUT2D eigenvalue weighted by atomic mass is 10.2. The molecule has 0 atom stereocenters. The molecule has 162 valence electrons. The average Bonchev–Trinajstić information content (AvgIpc) is 2.73. The third-order valence-corrected chi connectivity index (χ3v) is 5.96. The van der Waals surface area contributed by atoms with E-state index in [-0.39, 0.29) is 29.1 Å². The quantitative estimate of drug-likeness (QED) is 0.480. The molecule has 0 aliphatic rings. The maximum Gasteiger partial charge on any atom is 0.263 e. The fourth-order valence-electron chi connectivity index (χ4n) is 2.51. The molecule has 0 fully saturated rings. The lowest BCUT2D eigenvalue weighted by Crippen LogP contribution is -2.20. The van der Waals surface area contributed by atoms with Gasteiger partial charge in [0.1, 0.15) is 5.75 Å². The first-order chi connectivity index (χ1) is 14.8. The number of rotatable bonds is 8. The van der Waals surface area contributed by atoms with Gasteiger partial charge in [-0.05, 0) is 64.8 Å². The molecule has 11 heteroatoms. The number of sulfonamides is 1. The number of benzene rings is 2. The van der Waals surface area contributed by atoms with Gasteiger partial charge < -0.3 is 14.8 Å². The zero-order chi connectivity index (χ0) is 22.4. The fourth-order valence-corrected chi connectivity index (χ4v) is 4.13. The van der Waals surface area contributed by atoms with Crippen LogP contribution in [-0.2, 0) is 14.8 Å². The summed E-state index contributed by atoms with van der Waals surface area (Å²) in [6, 6.07) is 11.2. The van der Waals surface area contributed by atoms with Crippen molar-refractivity contribution in [2.75, 3.05) is 23.8 Å². The molecule has 0 radical (unpaired) electrons. The molecular weight excluding hydrogens is 488 g/mol. The SMILES string of the molecule is COc1nccnc1NS(=O)(=O)c1ccc(NC(=O)COc2ccc(C)cc2Br)cc1. The van der Waals surface area contributed by atoms with Gasteiger partial charge in [0.15, 0.2) is 6.61 Å². The summed E-state index contributed by atoms with van der Waals surface area (Å²) < 4.78 is 38.7. The van der Waals surface area contributed by atoms with E-state index in [1.54, 1.807) is 6.07 Å². The standard InChI is InChI=1S/C20H19BrN4O5S/c1-13-3-8-17(16(21)11-13)30-12-18(26)24-14-4-6-15(7-5-14)31(27,28)25-19-20(29-2)23-10-9-22-19/h3-11H,12H2,1-2H3,(H,22,25)(H,24,26). The summed E-state index contributed by atoms with van der Waals surface area (Å²) in [5.74, 6) is 0.190. The summed E-state index contributed by atoms with van der Waals surface area (Å²) in [5, 5.41) is 2.65. The highest BCUT2D eigenvalue weighted by molar-refractivity contribution is 9.10. The highest BCUT2D eigenvalue weighted by Gasteiger charge is 2.18. The Hall–Kier alpha value is -3.18.